The standard InChI is InChI=1S/C22H24N2O8.ClH/c1-7-8-5-4-6-9(25)11(8)16(26)12-10(7)17(27)14-15(24(2)3)18(28)13(21(23)31)20(30)22(14,32)19(12)29;/h4-7,10,14-15,17,25-27,30,32H,1-3H3,(H2,23,31);1H/t7-,10?,14-,15+,17+,22+;/m1./s1. The molecule has 1 aromatic rings. The number of fused-ring (bicyclic) bond motifs is 3. The second kappa shape index (κ2) is 7.84. The van der Waals surface area contributed by atoms with Gasteiger partial charge in [-0.05, 0) is 31.6 Å². The van der Waals surface area contributed by atoms with E-state index >= 15 is 0 Å². The lowest BCUT2D eigenvalue weighted by molar-refractivity contribution is -0.169. The number of carbonyl (C=O) groups excluding carboxylic acids is 3. The molecule has 0 saturated heterocycles. The number of hydrogen-bond donors (Lipinski definition) is 6. The second-order valence-corrected chi connectivity index (χ2v) is 8.79. The molecule has 7 N–H and O–H groups in total. The lowest BCUT2D eigenvalue weighted by Crippen LogP contribution is -2.70. The number of aromatic hydroxyl groups is 1. The highest BCUT2D eigenvalue weighted by atomic mass is 35.5. The van der Waals surface area contributed by atoms with Gasteiger partial charge in [-0.25, -0.2) is 0 Å². The summed E-state index contributed by atoms with van der Waals surface area (Å²) in [6.45, 7) is 1.68. The third kappa shape index (κ3) is 2.95. The predicted octanol–water partition coefficient (Wildman–Crippen LogP) is -0.0824. The number of carbonyl (C=O) groups is 3. The topological polar surface area (TPSA) is 182 Å². The zero-order chi connectivity index (χ0) is 23.9. The van der Waals surface area contributed by atoms with Gasteiger partial charge >= 0.3 is 0 Å². The van der Waals surface area contributed by atoms with Crippen LogP contribution in [0.2, 0.25) is 0 Å². The Kier molecular flexibility index (Phi) is 5.87. The van der Waals surface area contributed by atoms with Crippen LogP contribution in [0.1, 0.15) is 24.0 Å². The number of phenolic OH excluding ortho intramolecular Hbond substituents is 1. The lowest BCUT2D eigenvalue weighted by Gasteiger charge is -2.53. The predicted molar refractivity (Wildman–Crippen MR) is 118 cm³/mol. The first kappa shape index (κ1) is 24.7. The van der Waals surface area contributed by atoms with Crippen LogP contribution in [0.4, 0.5) is 0 Å². The summed E-state index contributed by atoms with van der Waals surface area (Å²) in [5.74, 6) is -8.87. The van der Waals surface area contributed by atoms with E-state index in [0.29, 0.717) is 5.56 Å². The van der Waals surface area contributed by atoms with Crippen molar-refractivity contribution in [2.45, 2.75) is 30.6 Å². The first-order valence-electron chi connectivity index (χ1n) is 10.0. The van der Waals surface area contributed by atoms with Crippen molar-refractivity contribution in [1.82, 2.24) is 4.90 Å². The molecule has 10 nitrogen and oxygen atoms in total. The molecule has 11 heteroatoms. The molecule has 0 aromatic heterocycles. The van der Waals surface area contributed by atoms with E-state index in [2.05, 4.69) is 0 Å². The number of nitrogens with zero attached hydrogens (tertiary/aromatic N) is 1. The molecule has 1 fully saturated rings. The van der Waals surface area contributed by atoms with Crippen LogP contribution < -0.4 is 5.73 Å². The van der Waals surface area contributed by atoms with Crippen molar-refractivity contribution in [3.05, 3.63) is 46.2 Å². The van der Waals surface area contributed by atoms with Crippen LogP contribution >= 0.6 is 12.4 Å². The summed E-state index contributed by atoms with van der Waals surface area (Å²) >= 11 is 0. The Morgan fingerprint density at radius 2 is 1.76 bits per heavy atom. The fourth-order valence-electron chi connectivity index (χ4n) is 5.58. The minimum atomic E-state index is -2.89. The summed E-state index contributed by atoms with van der Waals surface area (Å²) in [6.07, 6.45) is -1.59. The van der Waals surface area contributed by atoms with E-state index in [1.807, 2.05) is 0 Å². The van der Waals surface area contributed by atoms with Gasteiger partial charge in [0.15, 0.2) is 11.4 Å². The molecule has 0 heterocycles. The first-order chi connectivity index (χ1) is 14.9. The Morgan fingerprint density at radius 1 is 1.15 bits per heavy atom. The monoisotopic (exact) mass is 480 g/mol. The average molecular weight is 481 g/mol. The van der Waals surface area contributed by atoms with Gasteiger partial charge in [-0.15, -0.1) is 12.4 Å². The van der Waals surface area contributed by atoms with Crippen LogP contribution in [0.15, 0.2) is 35.1 Å². The van der Waals surface area contributed by atoms with Crippen LogP contribution in [0.3, 0.4) is 0 Å². The molecule has 0 bridgehead atoms. The zero-order valence-electron chi connectivity index (χ0n) is 18.0. The van der Waals surface area contributed by atoms with E-state index in [1.165, 1.54) is 25.1 Å². The summed E-state index contributed by atoms with van der Waals surface area (Å²) in [6, 6.07) is 3.13. The average Bonchev–Trinajstić information content (AvgIpc) is 2.70. The Labute approximate surface area is 195 Å². The molecule has 0 radical (unpaired) electrons. The molecule has 1 amide bonds. The molecule has 4 rings (SSSR count). The Morgan fingerprint density at radius 3 is 2.30 bits per heavy atom. The molecule has 1 saturated carbocycles. The maximum Gasteiger partial charge on any atom is 0.255 e. The zero-order valence-corrected chi connectivity index (χ0v) is 18.8. The van der Waals surface area contributed by atoms with E-state index in [1.54, 1.807) is 19.1 Å². The number of amides is 1. The number of nitrogens with two attached hydrogens (primary N) is 1. The fraction of sp³-hybridized carbons (Fsp3) is 0.409. The van der Waals surface area contributed by atoms with Crippen molar-refractivity contribution in [3.63, 3.8) is 0 Å². The molecule has 1 unspecified atom stereocenters. The van der Waals surface area contributed by atoms with Crippen LogP contribution in [-0.2, 0) is 14.4 Å². The number of Topliss-reactive ketones (excluding diaryl/α,β-unsaturated/α-hetero) is 2. The number of rotatable bonds is 2. The number of likely N-dealkylation sites (N-methyl/N-ethyl adjacent to an activating group) is 1. The van der Waals surface area contributed by atoms with Gasteiger partial charge < -0.3 is 31.3 Å². The number of halogens is 1. The van der Waals surface area contributed by atoms with Crippen molar-refractivity contribution in [2.75, 3.05) is 14.1 Å². The van der Waals surface area contributed by atoms with Crippen LogP contribution in [0.25, 0.3) is 5.76 Å². The number of primary amides is 1. The minimum absolute atomic E-state index is 0. The van der Waals surface area contributed by atoms with Gasteiger partial charge in [0.2, 0.25) is 5.78 Å². The Bertz CT molecular complexity index is 1140. The summed E-state index contributed by atoms with van der Waals surface area (Å²) in [7, 11) is 2.92. The maximum atomic E-state index is 13.7. The molecule has 3 aliphatic carbocycles. The molecule has 33 heavy (non-hydrogen) atoms. The lowest BCUT2D eigenvalue weighted by atomic mass is 9.54. The molecule has 1 aromatic carbocycles. The number of benzene rings is 1. The highest BCUT2D eigenvalue weighted by Gasteiger charge is 2.68. The largest absolute Gasteiger partial charge is 0.508 e. The van der Waals surface area contributed by atoms with Crippen LogP contribution in [0.5, 0.6) is 5.75 Å². The Balaban J connectivity index is 0.00000306. The molecule has 0 aliphatic heterocycles. The molecule has 3 aliphatic rings. The SMILES string of the molecule is C[C@@H]1c2cccc(O)c2C(O)=C2C(=O)[C@]3(O)C(O)=C(C(N)=O)C(=O)[C@@H](N(C)C)[C@@H]3[C@@H](O)C21.Cl. The highest BCUT2D eigenvalue weighted by molar-refractivity contribution is 6.24. The molecule has 6 atom stereocenters. The normalized spacial score (nSPS) is 33.3. The van der Waals surface area contributed by atoms with Crippen molar-refractivity contribution in [3.8, 4) is 5.75 Å². The fourth-order valence-corrected chi connectivity index (χ4v) is 5.58. The molecular formula is C22H25ClN2O8. The second-order valence-electron chi connectivity index (χ2n) is 8.79. The maximum absolute atomic E-state index is 13.7. The summed E-state index contributed by atoms with van der Waals surface area (Å²) in [4.78, 5) is 40.0. The minimum Gasteiger partial charge on any atom is -0.508 e. The van der Waals surface area contributed by atoms with Gasteiger partial charge in [-0.2, -0.15) is 0 Å². The number of aliphatic hydroxyl groups excluding tert-OH is 3. The summed E-state index contributed by atoms with van der Waals surface area (Å²) in [5.41, 5.74) is 1.47. The van der Waals surface area contributed by atoms with Crippen LogP contribution in [-0.4, -0.2) is 79.7 Å². The van der Waals surface area contributed by atoms with Crippen molar-refractivity contribution >= 4 is 35.6 Å². The first-order valence-corrected chi connectivity index (χ1v) is 10.0. The van der Waals surface area contributed by atoms with Gasteiger partial charge in [0.25, 0.3) is 5.91 Å². The number of phenols is 1. The van der Waals surface area contributed by atoms with E-state index in [-0.39, 0.29) is 23.7 Å². The smallest absolute Gasteiger partial charge is 0.255 e. The van der Waals surface area contributed by atoms with Gasteiger partial charge in [0.05, 0.1) is 23.6 Å². The third-order valence-corrected chi connectivity index (χ3v) is 6.99. The number of ketones is 2. The van der Waals surface area contributed by atoms with Gasteiger partial charge in [-0.3, -0.25) is 19.3 Å². The Hall–Kier alpha value is -2.92. The number of hydrogen-bond acceptors (Lipinski definition) is 9. The van der Waals surface area contributed by atoms with Gasteiger partial charge in [0, 0.05) is 11.5 Å². The van der Waals surface area contributed by atoms with E-state index < -0.39 is 75.6 Å². The molecule has 178 valence electrons. The van der Waals surface area contributed by atoms with Crippen molar-refractivity contribution < 1.29 is 39.9 Å². The number of aliphatic hydroxyl groups is 4. The highest BCUT2D eigenvalue weighted by Crippen LogP contribution is 2.55. The summed E-state index contributed by atoms with van der Waals surface area (Å²) in [5, 5.41) is 54.9. The van der Waals surface area contributed by atoms with E-state index in [4.69, 9.17) is 5.73 Å². The van der Waals surface area contributed by atoms with Crippen molar-refractivity contribution in [1.29, 1.82) is 0 Å². The van der Waals surface area contributed by atoms with Gasteiger partial charge in [-0.1, -0.05) is 19.1 Å². The summed E-state index contributed by atoms with van der Waals surface area (Å²) < 4.78 is 0. The molecule has 0 spiro atoms. The quantitative estimate of drug-likeness (QED) is 0.315. The van der Waals surface area contributed by atoms with Crippen molar-refractivity contribution in [2.24, 2.45) is 17.6 Å². The van der Waals surface area contributed by atoms with Crippen LogP contribution in [0, 0.1) is 11.8 Å². The molecular weight excluding hydrogens is 456 g/mol. The third-order valence-electron chi connectivity index (χ3n) is 6.99. The van der Waals surface area contributed by atoms with Gasteiger partial charge in [0.1, 0.15) is 22.8 Å². The van der Waals surface area contributed by atoms with E-state index in [9.17, 15) is 39.9 Å². The van der Waals surface area contributed by atoms with E-state index in [0.717, 1.165) is 0 Å².